The fourth-order valence-electron chi connectivity index (χ4n) is 2.31. The molecule has 24 heavy (non-hydrogen) atoms. The van der Waals surface area contributed by atoms with Crippen molar-refractivity contribution in [2.45, 2.75) is 33.8 Å². The van der Waals surface area contributed by atoms with Gasteiger partial charge in [0, 0.05) is 11.4 Å². The predicted octanol–water partition coefficient (Wildman–Crippen LogP) is 3.67. The van der Waals surface area contributed by atoms with Crippen LogP contribution in [-0.4, -0.2) is 17.9 Å². The van der Waals surface area contributed by atoms with E-state index in [9.17, 15) is 9.59 Å². The Morgan fingerprint density at radius 3 is 1.83 bits per heavy atom. The summed E-state index contributed by atoms with van der Waals surface area (Å²) in [6, 6.07) is 12.5. The lowest BCUT2D eigenvalue weighted by Crippen LogP contribution is -2.29. The van der Waals surface area contributed by atoms with E-state index < -0.39 is 11.8 Å². The van der Waals surface area contributed by atoms with Crippen molar-refractivity contribution in [1.29, 1.82) is 0 Å². The zero-order chi connectivity index (χ0) is 17.7. The first kappa shape index (κ1) is 17.5. The van der Waals surface area contributed by atoms with E-state index in [1.807, 2.05) is 45.9 Å². The van der Waals surface area contributed by atoms with Gasteiger partial charge >= 0.3 is 11.8 Å². The second-order valence-electron chi connectivity index (χ2n) is 5.98. The van der Waals surface area contributed by atoms with E-state index in [1.54, 1.807) is 24.3 Å². The van der Waals surface area contributed by atoms with Gasteiger partial charge in [0.15, 0.2) is 0 Å². The van der Waals surface area contributed by atoms with Crippen LogP contribution in [0.5, 0.6) is 5.75 Å². The van der Waals surface area contributed by atoms with Crippen LogP contribution in [0.15, 0.2) is 42.5 Å². The quantitative estimate of drug-likeness (QED) is 0.843. The highest BCUT2D eigenvalue weighted by Crippen LogP contribution is 2.17. The summed E-state index contributed by atoms with van der Waals surface area (Å²) >= 11 is 0. The highest BCUT2D eigenvalue weighted by molar-refractivity contribution is 6.43. The Morgan fingerprint density at radius 1 is 0.833 bits per heavy atom. The second-order valence-corrected chi connectivity index (χ2v) is 5.98. The van der Waals surface area contributed by atoms with E-state index in [4.69, 9.17) is 4.74 Å². The Bertz CT molecular complexity index is 717. The molecule has 2 amide bonds. The summed E-state index contributed by atoms with van der Waals surface area (Å²) in [6.07, 6.45) is 0.0778. The van der Waals surface area contributed by atoms with Gasteiger partial charge in [0.1, 0.15) is 5.75 Å². The molecule has 2 aromatic carbocycles. The van der Waals surface area contributed by atoms with E-state index in [2.05, 4.69) is 10.6 Å². The number of benzene rings is 2. The third-order valence-corrected chi connectivity index (χ3v) is 3.17. The largest absolute Gasteiger partial charge is 0.491 e. The molecule has 0 aliphatic rings. The van der Waals surface area contributed by atoms with Crippen LogP contribution in [0.2, 0.25) is 0 Å². The van der Waals surface area contributed by atoms with E-state index in [0.717, 1.165) is 11.1 Å². The molecule has 0 aliphatic heterocycles. The van der Waals surface area contributed by atoms with Crippen molar-refractivity contribution in [2.24, 2.45) is 0 Å². The lowest BCUT2D eigenvalue weighted by molar-refractivity contribution is -0.132. The first-order valence-electron chi connectivity index (χ1n) is 7.81. The van der Waals surface area contributed by atoms with E-state index in [0.29, 0.717) is 17.1 Å². The van der Waals surface area contributed by atoms with Gasteiger partial charge in [-0.05, 0) is 75.2 Å². The molecule has 126 valence electrons. The number of aryl methyl sites for hydroxylation is 2. The third kappa shape index (κ3) is 5.12. The normalized spacial score (nSPS) is 10.4. The predicted molar refractivity (Wildman–Crippen MR) is 95.4 cm³/mol. The first-order chi connectivity index (χ1) is 11.3. The number of amides is 2. The van der Waals surface area contributed by atoms with Gasteiger partial charge in [-0.1, -0.05) is 6.07 Å². The number of nitrogens with one attached hydrogen (secondary N) is 2. The molecule has 0 radical (unpaired) electrons. The van der Waals surface area contributed by atoms with Crippen molar-refractivity contribution < 1.29 is 14.3 Å². The number of anilines is 2. The summed E-state index contributed by atoms with van der Waals surface area (Å²) in [5.74, 6) is -0.711. The molecule has 2 N–H and O–H groups in total. The number of carbonyl (C=O) groups excluding carboxylic acids is 2. The molecule has 5 nitrogen and oxygen atoms in total. The lowest BCUT2D eigenvalue weighted by Gasteiger charge is -2.11. The molecule has 0 spiro atoms. The van der Waals surface area contributed by atoms with Gasteiger partial charge in [0.2, 0.25) is 0 Å². The van der Waals surface area contributed by atoms with Crippen LogP contribution in [0.25, 0.3) is 0 Å². The molecule has 0 atom stereocenters. The van der Waals surface area contributed by atoms with Gasteiger partial charge in [-0.2, -0.15) is 0 Å². The van der Waals surface area contributed by atoms with Crippen LogP contribution in [0.4, 0.5) is 11.4 Å². The minimum atomic E-state index is -0.716. The van der Waals surface area contributed by atoms with Crippen LogP contribution in [0.1, 0.15) is 25.0 Å². The maximum Gasteiger partial charge on any atom is 0.314 e. The van der Waals surface area contributed by atoms with Gasteiger partial charge in [-0.15, -0.1) is 0 Å². The Kier molecular flexibility index (Phi) is 5.58. The summed E-state index contributed by atoms with van der Waals surface area (Å²) in [5.41, 5.74) is 3.18. The van der Waals surface area contributed by atoms with Crippen LogP contribution in [-0.2, 0) is 9.59 Å². The number of hydrogen-bond donors (Lipinski definition) is 2. The molecule has 0 saturated heterocycles. The Labute approximate surface area is 142 Å². The van der Waals surface area contributed by atoms with Crippen LogP contribution < -0.4 is 15.4 Å². The Hall–Kier alpha value is -2.82. The molecule has 0 unspecified atom stereocenters. The van der Waals surface area contributed by atoms with Crippen molar-refractivity contribution in [3.63, 3.8) is 0 Å². The van der Waals surface area contributed by atoms with Gasteiger partial charge in [-0.3, -0.25) is 9.59 Å². The van der Waals surface area contributed by atoms with Crippen molar-refractivity contribution in [1.82, 2.24) is 0 Å². The molecule has 0 heterocycles. The average molecular weight is 326 g/mol. The number of rotatable bonds is 4. The van der Waals surface area contributed by atoms with Gasteiger partial charge < -0.3 is 15.4 Å². The lowest BCUT2D eigenvalue weighted by atomic mass is 10.1. The standard InChI is InChI=1S/C19H22N2O3/c1-12(2)24-17-7-5-15(6-8-17)20-18(22)19(23)21-16-10-13(3)9-14(4)11-16/h5-12H,1-4H3,(H,20,22)(H,21,23). The van der Waals surface area contributed by atoms with Crippen LogP contribution >= 0.6 is 0 Å². The second kappa shape index (κ2) is 7.64. The average Bonchev–Trinajstić information content (AvgIpc) is 2.47. The molecule has 2 rings (SSSR count). The summed E-state index contributed by atoms with van der Waals surface area (Å²) in [7, 11) is 0. The first-order valence-corrected chi connectivity index (χ1v) is 7.81. The molecule has 0 bridgehead atoms. The van der Waals surface area contributed by atoms with Crippen molar-refractivity contribution in [2.75, 3.05) is 10.6 Å². The van der Waals surface area contributed by atoms with E-state index >= 15 is 0 Å². The SMILES string of the molecule is Cc1cc(C)cc(NC(=O)C(=O)Nc2ccc(OC(C)C)cc2)c1. The Balaban J connectivity index is 1.97. The van der Waals surface area contributed by atoms with Crippen molar-refractivity contribution in [3.8, 4) is 5.75 Å². The molecule has 5 heteroatoms. The minimum absolute atomic E-state index is 0.0778. The van der Waals surface area contributed by atoms with Crippen LogP contribution in [0, 0.1) is 13.8 Å². The van der Waals surface area contributed by atoms with Gasteiger partial charge in [0.25, 0.3) is 0 Å². The molecule has 0 saturated carbocycles. The maximum atomic E-state index is 12.0. The molecular weight excluding hydrogens is 304 g/mol. The summed E-state index contributed by atoms with van der Waals surface area (Å²) in [4.78, 5) is 24.0. The molecule has 2 aromatic rings. The Morgan fingerprint density at radius 2 is 1.33 bits per heavy atom. The number of ether oxygens (including phenoxy) is 1. The maximum absolute atomic E-state index is 12.0. The molecule has 0 aliphatic carbocycles. The number of carbonyl (C=O) groups is 2. The van der Waals surface area contributed by atoms with Crippen LogP contribution in [0.3, 0.4) is 0 Å². The van der Waals surface area contributed by atoms with Crippen molar-refractivity contribution >= 4 is 23.2 Å². The summed E-state index contributed by atoms with van der Waals surface area (Å²) in [5, 5.41) is 5.17. The van der Waals surface area contributed by atoms with E-state index in [1.165, 1.54) is 0 Å². The minimum Gasteiger partial charge on any atom is -0.491 e. The zero-order valence-corrected chi connectivity index (χ0v) is 14.3. The van der Waals surface area contributed by atoms with Gasteiger partial charge in [-0.25, -0.2) is 0 Å². The fourth-order valence-corrected chi connectivity index (χ4v) is 2.31. The smallest absolute Gasteiger partial charge is 0.314 e. The summed E-state index contributed by atoms with van der Waals surface area (Å²) in [6.45, 7) is 7.74. The van der Waals surface area contributed by atoms with Crippen molar-refractivity contribution in [3.05, 3.63) is 53.6 Å². The van der Waals surface area contributed by atoms with E-state index in [-0.39, 0.29) is 6.10 Å². The highest BCUT2D eigenvalue weighted by atomic mass is 16.5. The fraction of sp³-hybridized carbons (Fsp3) is 0.263. The number of hydrogen-bond acceptors (Lipinski definition) is 3. The molecule has 0 aromatic heterocycles. The molecule has 0 fully saturated rings. The zero-order valence-electron chi connectivity index (χ0n) is 14.3. The summed E-state index contributed by atoms with van der Waals surface area (Å²) < 4.78 is 5.53. The third-order valence-electron chi connectivity index (χ3n) is 3.17. The molecular formula is C19H22N2O3. The monoisotopic (exact) mass is 326 g/mol. The topological polar surface area (TPSA) is 67.4 Å². The highest BCUT2D eigenvalue weighted by Gasteiger charge is 2.14. The van der Waals surface area contributed by atoms with Gasteiger partial charge in [0.05, 0.1) is 6.10 Å².